The van der Waals surface area contributed by atoms with E-state index in [1.165, 1.54) is 40.7 Å². The molecule has 1 heterocycles. The second kappa shape index (κ2) is 11.6. The van der Waals surface area contributed by atoms with E-state index in [0.717, 1.165) is 11.6 Å². The molecule has 9 heteroatoms. The Hall–Kier alpha value is -3.30. The summed E-state index contributed by atoms with van der Waals surface area (Å²) in [6.45, 7) is 2.61. The summed E-state index contributed by atoms with van der Waals surface area (Å²) in [6, 6.07) is 19.0. The Morgan fingerprint density at radius 1 is 0.974 bits per heavy atom. The molecule has 1 amide bonds. The number of sulfonamides is 1. The van der Waals surface area contributed by atoms with Crippen molar-refractivity contribution in [3.63, 3.8) is 0 Å². The maximum Gasteiger partial charge on any atom is 0.243 e. The van der Waals surface area contributed by atoms with Gasteiger partial charge in [0.1, 0.15) is 17.4 Å². The van der Waals surface area contributed by atoms with E-state index in [1.54, 1.807) is 18.9 Å². The third-order valence-corrected chi connectivity index (χ3v) is 9.17. The lowest BCUT2D eigenvalue weighted by atomic mass is 9.76. The number of carbonyl (C=O) groups excluding carboxylic acids is 1. The topological polar surface area (TPSA) is 66.9 Å². The van der Waals surface area contributed by atoms with Gasteiger partial charge in [-0.05, 0) is 73.4 Å². The first-order chi connectivity index (χ1) is 18.1. The van der Waals surface area contributed by atoms with Gasteiger partial charge in [-0.1, -0.05) is 30.3 Å². The van der Waals surface area contributed by atoms with Crippen molar-refractivity contribution < 1.29 is 26.7 Å². The molecule has 0 radical (unpaired) electrons. The molecule has 1 fully saturated rings. The van der Waals surface area contributed by atoms with E-state index in [1.807, 2.05) is 30.3 Å². The summed E-state index contributed by atoms with van der Waals surface area (Å²) in [7, 11) is -2.08. The van der Waals surface area contributed by atoms with Crippen molar-refractivity contribution in [2.45, 2.75) is 37.6 Å². The number of carbonyl (C=O) groups is 1. The fourth-order valence-corrected chi connectivity index (χ4v) is 6.43. The fourth-order valence-electron chi connectivity index (χ4n) is 4.78. The van der Waals surface area contributed by atoms with Gasteiger partial charge in [0.15, 0.2) is 0 Å². The second-order valence-corrected chi connectivity index (χ2v) is 11.9. The van der Waals surface area contributed by atoms with Gasteiger partial charge in [-0.3, -0.25) is 4.79 Å². The zero-order chi connectivity index (χ0) is 27.3. The number of hydrogen-bond acceptors (Lipinski definition) is 4. The van der Waals surface area contributed by atoms with Gasteiger partial charge >= 0.3 is 0 Å². The largest absolute Gasteiger partial charge is 0.493 e. The number of aryl methyl sites for hydroxylation is 1. The molecular weight excluding hydrogens is 510 g/mol. The quantitative estimate of drug-likeness (QED) is 0.374. The van der Waals surface area contributed by atoms with Crippen LogP contribution in [-0.4, -0.2) is 50.3 Å². The minimum Gasteiger partial charge on any atom is -0.493 e. The predicted octanol–water partition coefficient (Wildman–Crippen LogP) is 5.17. The van der Waals surface area contributed by atoms with Crippen molar-refractivity contribution in [3.8, 4) is 5.75 Å². The Morgan fingerprint density at radius 3 is 2.24 bits per heavy atom. The molecule has 3 aromatic rings. The monoisotopic (exact) mass is 542 g/mol. The number of halogens is 2. The molecule has 1 saturated heterocycles. The van der Waals surface area contributed by atoms with Crippen LogP contribution >= 0.6 is 0 Å². The maximum atomic E-state index is 13.6. The van der Waals surface area contributed by atoms with Gasteiger partial charge in [0, 0.05) is 38.5 Å². The van der Waals surface area contributed by atoms with Crippen LogP contribution in [0.2, 0.25) is 0 Å². The second-order valence-electron chi connectivity index (χ2n) is 9.97. The summed E-state index contributed by atoms with van der Waals surface area (Å²) in [5.41, 5.74) is 0.745. The van der Waals surface area contributed by atoms with E-state index in [0.29, 0.717) is 30.7 Å². The van der Waals surface area contributed by atoms with E-state index in [4.69, 9.17) is 4.74 Å². The Labute approximate surface area is 222 Å². The molecule has 4 rings (SSSR count). The maximum absolute atomic E-state index is 13.6. The van der Waals surface area contributed by atoms with Crippen molar-refractivity contribution in [2.75, 3.05) is 26.7 Å². The minimum atomic E-state index is -3.83. The molecular formula is C29H32F2N2O4S. The summed E-state index contributed by atoms with van der Waals surface area (Å²) >= 11 is 0. The lowest BCUT2D eigenvalue weighted by Crippen LogP contribution is -2.47. The predicted molar refractivity (Wildman–Crippen MR) is 141 cm³/mol. The van der Waals surface area contributed by atoms with Gasteiger partial charge in [-0.2, -0.15) is 4.31 Å². The molecule has 38 heavy (non-hydrogen) atoms. The van der Waals surface area contributed by atoms with Crippen LogP contribution in [0.4, 0.5) is 8.78 Å². The van der Waals surface area contributed by atoms with Crippen LogP contribution in [0.15, 0.2) is 77.7 Å². The highest BCUT2D eigenvalue weighted by Gasteiger charge is 2.41. The van der Waals surface area contributed by atoms with E-state index < -0.39 is 21.3 Å². The normalized spacial score (nSPS) is 15.7. The molecule has 0 atom stereocenters. The fraction of sp³-hybridized carbons (Fsp3) is 0.345. The average molecular weight is 543 g/mol. The highest BCUT2D eigenvalue weighted by molar-refractivity contribution is 7.89. The van der Waals surface area contributed by atoms with Crippen LogP contribution in [0.3, 0.4) is 0 Å². The van der Waals surface area contributed by atoms with Gasteiger partial charge in [0.25, 0.3) is 0 Å². The Kier molecular flexibility index (Phi) is 8.47. The van der Waals surface area contributed by atoms with E-state index in [-0.39, 0.29) is 42.7 Å². The smallest absolute Gasteiger partial charge is 0.243 e. The highest BCUT2D eigenvalue weighted by atomic mass is 32.2. The van der Waals surface area contributed by atoms with Crippen LogP contribution in [0.5, 0.6) is 5.75 Å². The third kappa shape index (κ3) is 6.57. The number of amides is 1. The zero-order valence-corrected chi connectivity index (χ0v) is 22.4. The van der Waals surface area contributed by atoms with Crippen LogP contribution in [0, 0.1) is 24.0 Å². The minimum absolute atomic E-state index is 0.0674. The number of ether oxygens (including phenoxy) is 1. The molecule has 0 unspecified atom stereocenters. The molecule has 0 N–H and O–H groups in total. The van der Waals surface area contributed by atoms with Crippen LogP contribution < -0.4 is 4.74 Å². The molecule has 1 aliphatic rings. The van der Waals surface area contributed by atoms with Crippen molar-refractivity contribution in [2.24, 2.45) is 5.41 Å². The van der Waals surface area contributed by atoms with Gasteiger partial charge in [0.05, 0.1) is 11.5 Å². The summed E-state index contributed by atoms with van der Waals surface area (Å²) in [5.74, 6) is -0.454. The molecule has 0 saturated carbocycles. The molecule has 3 aromatic carbocycles. The molecule has 6 nitrogen and oxygen atoms in total. The zero-order valence-electron chi connectivity index (χ0n) is 21.6. The van der Waals surface area contributed by atoms with Crippen molar-refractivity contribution >= 4 is 15.9 Å². The summed E-state index contributed by atoms with van der Waals surface area (Å²) in [4.78, 5) is 15.0. The van der Waals surface area contributed by atoms with Crippen molar-refractivity contribution in [3.05, 3.63) is 95.6 Å². The number of piperidine rings is 1. The standard InChI is InChI=1S/C29H32F2N2O4S/c1-22-18-25(31)10-13-27(22)38(35,36)33-16-14-29(15-17-33,21-37-26-11-8-24(30)9-12-26)19-28(34)32(2)20-23-6-4-3-5-7-23/h3-13,18H,14-17,19-21H2,1-2H3. The first kappa shape index (κ1) is 27.7. The Bertz CT molecular complexity index is 1360. The Morgan fingerprint density at radius 2 is 1.61 bits per heavy atom. The summed E-state index contributed by atoms with van der Waals surface area (Å²) in [6.07, 6.45) is 0.984. The Balaban J connectivity index is 1.50. The van der Waals surface area contributed by atoms with E-state index in [2.05, 4.69) is 0 Å². The average Bonchev–Trinajstić information content (AvgIpc) is 2.89. The molecule has 202 valence electrons. The molecule has 0 aromatic heterocycles. The van der Waals surface area contributed by atoms with E-state index in [9.17, 15) is 22.0 Å². The molecule has 0 bridgehead atoms. The SMILES string of the molecule is Cc1cc(F)ccc1S(=O)(=O)N1CCC(COc2ccc(F)cc2)(CC(=O)N(C)Cc2ccccc2)CC1. The summed E-state index contributed by atoms with van der Waals surface area (Å²) in [5, 5.41) is 0. The third-order valence-electron chi connectivity index (χ3n) is 7.11. The highest BCUT2D eigenvalue weighted by Crippen LogP contribution is 2.38. The van der Waals surface area contributed by atoms with Gasteiger partial charge in [-0.25, -0.2) is 17.2 Å². The molecule has 0 spiro atoms. The number of hydrogen-bond donors (Lipinski definition) is 0. The van der Waals surface area contributed by atoms with Crippen LogP contribution in [0.1, 0.15) is 30.4 Å². The van der Waals surface area contributed by atoms with Gasteiger partial charge in [0.2, 0.25) is 15.9 Å². The van der Waals surface area contributed by atoms with Gasteiger partial charge < -0.3 is 9.64 Å². The van der Waals surface area contributed by atoms with Crippen LogP contribution in [-0.2, 0) is 21.4 Å². The van der Waals surface area contributed by atoms with Gasteiger partial charge in [-0.15, -0.1) is 0 Å². The van der Waals surface area contributed by atoms with Crippen molar-refractivity contribution in [1.29, 1.82) is 0 Å². The summed E-state index contributed by atoms with van der Waals surface area (Å²) < 4.78 is 61.0. The van der Waals surface area contributed by atoms with Crippen molar-refractivity contribution in [1.82, 2.24) is 9.21 Å². The first-order valence-corrected chi connectivity index (χ1v) is 13.9. The lowest BCUT2D eigenvalue weighted by Gasteiger charge is -2.41. The number of benzene rings is 3. The first-order valence-electron chi connectivity index (χ1n) is 12.5. The number of nitrogens with zero attached hydrogens (tertiary/aromatic N) is 2. The number of rotatable bonds is 9. The molecule has 1 aliphatic heterocycles. The molecule has 0 aliphatic carbocycles. The van der Waals surface area contributed by atoms with E-state index >= 15 is 0 Å². The lowest BCUT2D eigenvalue weighted by molar-refractivity contribution is -0.134. The van der Waals surface area contributed by atoms with Crippen LogP contribution in [0.25, 0.3) is 0 Å².